The molecule has 0 aliphatic carbocycles. The lowest BCUT2D eigenvalue weighted by molar-refractivity contribution is -0.184. The summed E-state index contributed by atoms with van der Waals surface area (Å²) in [5, 5.41) is 2.59. The molecule has 3 aromatic carbocycles. The van der Waals surface area contributed by atoms with Crippen molar-refractivity contribution in [1.82, 2.24) is 14.2 Å². The fourth-order valence-corrected chi connectivity index (χ4v) is 6.00. The number of nitrogens with zero attached hydrogens (tertiary/aromatic N) is 2. The van der Waals surface area contributed by atoms with Gasteiger partial charge in [-0.05, 0) is 43.5 Å². The minimum Gasteiger partial charge on any atom is -0.465 e. The predicted molar refractivity (Wildman–Crippen MR) is 181 cm³/mol. The third-order valence-electron chi connectivity index (χ3n) is 7.20. The number of hydrogen-bond donors (Lipinski definition) is 1. The van der Waals surface area contributed by atoms with Gasteiger partial charge in [0.1, 0.15) is 17.9 Å². The molecule has 0 saturated carbocycles. The molecular weight excluding hydrogens is 656 g/mol. The molecule has 0 amide bonds. The summed E-state index contributed by atoms with van der Waals surface area (Å²) in [6.07, 6.45) is -0.582. The van der Waals surface area contributed by atoms with Crippen molar-refractivity contribution in [1.29, 1.82) is 0 Å². The maximum Gasteiger partial charge on any atom is 0.459 e. The summed E-state index contributed by atoms with van der Waals surface area (Å²) in [5.74, 6) is -0.502. The van der Waals surface area contributed by atoms with Crippen LogP contribution in [-0.4, -0.2) is 46.6 Å². The van der Waals surface area contributed by atoms with Gasteiger partial charge in [-0.25, -0.2) is 13.9 Å². The zero-order valence-corrected chi connectivity index (χ0v) is 28.4. The molecule has 0 fully saturated rings. The quantitative estimate of drug-likeness (QED) is 0.0973. The van der Waals surface area contributed by atoms with E-state index in [9.17, 15) is 18.9 Å². The van der Waals surface area contributed by atoms with Crippen molar-refractivity contribution in [2.75, 3.05) is 13.2 Å². The number of rotatable bonds is 19. The zero-order valence-electron chi connectivity index (χ0n) is 27.6. The van der Waals surface area contributed by atoms with E-state index in [0.29, 0.717) is 16.6 Å². The van der Waals surface area contributed by atoms with Gasteiger partial charge in [-0.1, -0.05) is 85.8 Å². The first-order chi connectivity index (χ1) is 23.6. The highest BCUT2D eigenvalue weighted by molar-refractivity contribution is 7.52. The van der Waals surface area contributed by atoms with Crippen molar-refractivity contribution in [3.63, 3.8) is 0 Å². The van der Waals surface area contributed by atoms with Crippen molar-refractivity contribution < 1.29 is 37.0 Å². The number of nitrogens with one attached hydrogen (secondary N) is 1. The smallest absolute Gasteiger partial charge is 0.459 e. The average molecular weight is 698 g/mol. The molecule has 1 heterocycles. The average Bonchev–Trinajstić information content (AvgIpc) is 3.10. The molecule has 12 nitrogen and oxygen atoms in total. The van der Waals surface area contributed by atoms with Crippen LogP contribution in [0, 0.1) is 0 Å². The second-order valence-corrected chi connectivity index (χ2v) is 12.8. The summed E-state index contributed by atoms with van der Waals surface area (Å²) >= 11 is 0. The van der Waals surface area contributed by atoms with E-state index in [-0.39, 0.29) is 25.5 Å². The lowest BCUT2D eigenvalue weighted by atomic mass is 10.2. The Bertz CT molecular complexity index is 1770. The van der Waals surface area contributed by atoms with Crippen LogP contribution < -0.4 is 20.9 Å². The maximum absolute atomic E-state index is 16.0. The first-order valence-electron chi connectivity index (χ1n) is 15.8. The van der Waals surface area contributed by atoms with Crippen LogP contribution >= 0.6 is 7.75 Å². The fraction of sp³-hybridized carbons (Fsp3) is 0.343. The molecule has 0 aliphatic heterocycles. The number of halogens is 1. The Morgan fingerprint density at radius 1 is 0.898 bits per heavy atom. The second kappa shape index (κ2) is 18.4. The second-order valence-electron chi connectivity index (χ2n) is 11.1. The van der Waals surface area contributed by atoms with Crippen LogP contribution in [-0.2, 0) is 41.2 Å². The summed E-state index contributed by atoms with van der Waals surface area (Å²) in [4.78, 5) is 38.4. The summed E-state index contributed by atoms with van der Waals surface area (Å²) in [7, 11) is -4.35. The molecular formula is C35H41FN3O9P. The molecule has 0 saturated heterocycles. The van der Waals surface area contributed by atoms with E-state index in [1.54, 1.807) is 67.6 Å². The largest absolute Gasteiger partial charge is 0.465 e. The highest BCUT2D eigenvalue weighted by atomic mass is 31.2. The molecule has 5 atom stereocenters. The number of para-hydroxylation sites is 1. The highest BCUT2D eigenvalue weighted by Crippen LogP contribution is 2.45. The predicted octanol–water partition coefficient (Wildman–Crippen LogP) is 5.61. The SMILES string of the molecule is CCCOC(=O)[C@H](C)NP(=O)(OC[C@@H](O[C@H](F)n1ccc(=O)n(Cc2ccccc2)c1=O)[C@H](C)OCc1ccccc1)Oc1ccccc1. The van der Waals surface area contributed by atoms with Crippen molar-refractivity contribution in [3.8, 4) is 5.75 Å². The number of hydrogen-bond acceptors (Lipinski definition) is 9. The van der Waals surface area contributed by atoms with Gasteiger partial charge in [-0.2, -0.15) is 9.48 Å². The van der Waals surface area contributed by atoms with Crippen LogP contribution in [0.3, 0.4) is 0 Å². The molecule has 1 N–H and O–H groups in total. The van der Waals surface area contributed by atoms with Crippen LogP contribution in [0.2, 0.25) is 0 Å². The number of aromatic nitrogens is 2. The van der Waals surface area contributed by atoms with E-state index < -0.39 is 56.3 Å². The Hall–Kier alpha value is -4.39. The van der Waals surface area contributed by atoms with Gasteiger partial charge in [-0.3, -0.25) is 18.7 Å². The number of alkyl halides is 1. The third-order valence-corrected chi connectivity index (χ3v) is 8.84. The molecule has 1 unspecified atom stereocenters. The summed E-state index contributed by atoms with van der Waals surface area (Å²) < 4.78 is 59.9. The number of carbonyl (C=O) groups is 1. The monoisotopic (exact) mass is 697 g/mol. The van der Waals surface area contributed by atoms with Gasteiger partial charge < -0.3 is 18.7 Å². The number of carbonyl (C=O) groups excluding carboxylic acids is 1. The molecule has 1 aromatic heterocycles. The lowest BCUT2D eigenvalue weighted by Gasteiger charge is -2.29. The summed E-state index contributed by atoms with van der Waals surface area (Å²) in [6.45, 7) is 2.11. The Labute approximate surface area is 283 Å². The van der Waals surface area contributed by atoms with Gasteiger partial charge in [0.2, 0.25) is 0 Å². The Morgan fingerprint density at radius 3 is 2.14 bits per heavy atom. The van der Waals surface area contributed by atoms with Crippen LogP contribution in [0.4, 0.5) is 4.39 Å². The Kier molecular flexibility index (Phi) is 14.1. The van der Waals surface area contributed by atoms with Crippen LogP contribution in [0.5, 0.6) is 5.75 Å². The molecule has 262 valence electrons. The van der Waals surface area contributed by atoms with E-state index in [1.807, 2.05) is 37.3 Å². The van der Waals surface area contributed by atoms with E-state index >= 15 is 4.39 Å². The van der Waals surface area contributed by atoms with Crippen LogP contribution in [0.25, 0.3) is 0 Å². The Balaban J connectivity index is 1.58. The molecule has 4 rings (SSSR count). The molecule has 0 bridgehead atoms. The zero-order chi connectivity index (χ0) is 35.2. The number of ether oxygens (including phenoxy) is 3. The van der Waals surface area contributed by atoms with Crippen LogP contribution in [0.1, 0.15) is 44.8 Å². The summed E-state index contributed by atoms with van der Waals surface area (Å²) in [5.41, 5.74) is -0.0670. The number of benzene rings is 3. The maximum atomic E-state index is 16.0. The third kappa shape index (κ3) is 11.3. The first-order valence-corrected chi connectivity index (χ1v) is 17.4. The normalized spacial score (nSPS) is 15.0. The van der Waals surface area contributed by atoms with Gasteiger partial charge in [0.05, 0.1) is 32.5 Å². The molecule has 49 heavy (non-hydrogen) atoms. The topological polar surface area (TPSA) is 136 Å². The van der Waals surface area contributed by atoms with Crippen molar-refractivity contribution in [3.05, 3.63) is 135 Å². The fourth-order valence-electron chi connectivity index (χ4n) is 4.50. The summed E-state index contributed by atoms with van der Waals surface area (Å²) in [6, 6.07) is 26.1. The molecule has 14 heteroatoms. The number of esters is 1. The van der Waals surface area contributed by atoms with E-state index in [2.05, 4.69) is 5.09 Å². The van der Waals surface area contributed by atoms with Gasteiger partial charge in [0.15, 0.2) is 0 Å². The molecule has 0 spiro atoms. The van der Waals surface area contributed by atoms with Crippen molar-refractivity contribution in [2.45, 2.75) is 65.1 Å². The van der Waals surface area contributed by atoms with Gasteiger partial charge >= 0.3 is 19.4 Å². The van der Waals surface area contributed by atoms with E-state index in [0.717, 1.165) is 22.4 Å². The minimum absolute atomic E-state index is 0.0836. The highest BCUT2D eigenvalue weighted by Gasteiger charge is 2.35. The van der Waals surface area contributed by atoms with Crippen LogP contribution in [0.15, 0.2) is 113 Å². The van der Waals surface area contributed by atoms with Crippen molar-refractivity contribution in [2.24, 2.45) is 0 Å². The lowest BCUT2D eigenvalue weighted by Crippen LogP contribution is -2.43. The molecule has 0 aliphatic rings. The minimum atomic E-state index is -4.35. The van der Waals surface area contributed by atoms with Gasteiger partial charge in [0, 0.05) is 12.3 Å². The first kappa shape index (κ1) is 37.4. The van der Waals surface area contributed by atoms with E-state index in [1.165, 1.54) is 6.92 Å². The van der Waals surface area contributed by atoms with E-state index in [4.69, 9.17) is 23.3 Å². The Morgan fingerprint density at radius 2 is 1.51 bits per heavy atom. The van der Waals surface area contributed by atoms with Gasteiger partial charge in [-0.15, -0.1) is 0 Å². The molecule has 4 aromatic rings. The molecule has 0 radical (unpaired) electrons. The van der Waals surface area contributed by atoms with Gasteiger partial charge in [0.25, 0.3) is 12.0 Å². The standard InChI is InChI=1S/C35H41FN3O9P/c1-4-22-44-33(41)26(2)37-49(43,48-30-18-12-7-13-19-30)46-25-31(27(3)45-24-29-16-10-6-11-17-29)47-34(36)38-21-20-32(40)39(35(38)42)23-28-14-8-5-9-15-28/h5-21,26-27,31,34H,4,22-25H2,1-3H3,(H,37,43)/t26-,27-,31+,34+,49?/m0/s1. The van der Waals surface area contributed by atoms with Crippen molar-refractivity contribution >= 4 is 13.7 Å².